The molecule has 0 saturated carbocycles. The van der Waals surface area contributed by atoms with Crippen LogP contribution in [0.3, 0.4) is 0 Å². The zero-order chi connectivity index (χ0) is 15.1. The normalized spacial score (nSPS) is 26.0. The van der Waals surface area contributed by atoms with Crippen LogP contribution in [0.25, 0.3) is 0 Å². The molecule has 0 aromatic rings. The summed E-state index contributed by atoms with van der Waals surface area (Å²) in [7, 11) is -1.70. The third-order valence-electron chi connectivity index (χ3n) is 4.03. The van der Waals surface area contributed by atoms with Gasteiger partial charge in [-0.2, -0.15) is 17.0 Å². The number of methoxy groups -OCH3 is 1. The summed E-state index contributed by atoms with van der Waals surface area (Å²) in [5.74, 6) is 0. The molecule has 2 rings (SSSR count). The Labute approximate surface area is 127 Å². The zero-order valence-electron chi connectivity index (χ0n) is 12.8. The predicted molar refractivity (Wildman–Crippen MR) is 80.4 cm³/mol. The van der Waals surface area contributed by atoms with Crippen molar-refractivity contribution in [3.8, 4) is 0 Å². The van der Waals surface area contributed by atoms with Crippen LogP contribution in [0, 0.1) is 0 Å². The molecule has 1 atom stereocenters. The molecule has 0 aliphatic carbocycles. The van der Waals surface area contributed by atoms with E-state index >= 15 is 0 Å². The molecule has 21 heavy (non-hydrogen) atoms. The summed E-state index contributed by atoms with van der Waals surface area (Å²) in [5.41, 5.74) is 0. The van der Waals surface area contributed by atoms with Crippen molar-refractivity contribution in [2.24, 2.45) is 0 Å². The van der Waals surface area contributed by atoms with Crippen LogP contribution in [0.15, 0.2) is 0 Å². The van der Waals surface area contributed by atoms with Crippen molar-refractivity contribution < 1.29 is 17.9 Å². The fourth-order valence-electron chi connectivity index (χ4n) is 2.85. The van der Waals surface area contributed by atoms with Crippen molar-refractivity contribution >= 4 is 10.2 Å². The van der Waals surface area contributed by atoms with Gasteiger partial charge in [-0.1, -0.05) is 6.42 Å². The first kappa shape index (κ1) is 17.1. The molecule has 0 aromatic carbocycles. The monoisotopic (exact) mass is 321 g/mol. The molecule has 0 bridgehead atoms. The summed E-state index contributed by atoms with van der Waals surface area (Å²) >= 11 is 0. The Balaban J connectivity index is 1.96. The second-order valence-electron chi connectivity index (χ2n) is 5.48. The Hall–Kier alpha value is -0.250. The van der Waals surface area contributed by atoms with Crippen LogP contribution in [0.4, 0.5) is 0 Å². The summed E-state index contributed by atoms with van der Waals surface area (Å²) in [6.45, 7) is 4.60. The van der Waals surface area contributed by atoms with Crippen molar-refractivity contribution in [3.05, 3.63) is 0 Å². The van der Waals surface area contributed by atoms with Gasteiger partial charge in [0.2, 0.25) is 0 Å². The van der Waals surface area contributed by atoms with Gasteiger partial charge in [-0.05, 0) is 12.8 Å². The van der Waals surface area contributed by atoms with Gasteiger partial charge in [-0.15, -0.1) is 0 Å². The Morgan fingerprint density at radius 3 is 2.71 bits per heavy atom. The summed E-state index contributed by atoms with van der Waals surface area (Å²) in [6.07, 6.45) is 2.95. The maximum absolute atomic E-state index is 12.8. The van der Waals surface area contributed by atoms with Crippen LogP contribution in [-0.4, -0.2) is 82.7 Å². The van der Waals surface area contributed by atoms with Gasteiger partial charge < -0.3 is 14.8 Å². The topological polar surface area (TPSA) is 71.1 Å². The molecule has 124 valence electrons. The van der Waals surface area contributed by atoms with E-state index in [4.69, 9.17) is 9.47 Å². The second kappa shape index (κ2) is 8.40. The molecule has 7 nitrogen and oxygen atoms in total. The Morgan fingerprint density at radius 1 is 1.24 bits per heavy atom. The molecule has 8 heteroatoms. The van der Waals surface area contributed by atoms with E-state index < -0.39 is 10.2 Å². The number of hydrogen-bond donors (Lipinski definition) is 1. The van der Waals surface area contributed by atoms with Gasteiger partial charge in [0.15, 0.2) is 0 Å². The maximum atomic E-state index is 12.8. The third-order valence-corrected chi connectivity index (χ3v) is 6.12. The average molecular weight is 321 g/mol. The van der Waals surface area contributed by atoms with Crippen LogP contribution >= 0.6 is 0 Å². The van der Waals surface area contributed by atoms with Gasteiger partial charge in [0.1, 0.15) is 0 Å². The van der Waals surface area contributed by atoms with Gasteiger partial charge in [0.25, 0.3) is 10.2 Å². The highest BCUT2D eigenvalue weighted by Crippen LogP contribution is 2.22. The molecule has 2 fully saturated rings. The molecular formula is C13H27N3O4S. The SMILES string of the molecule is COCCNCC1CCCCN1S(=O)(=O)N1CCOCC1. The predicted octanol–water partition coefficient (Wildman–Crippen LogP) is -0.346. The smallest absolute Gasteiger partial charge is 0.282 e. The number of nitrogens with one attached hydrogen (secondary N) is 1. The number of hydrogen-bond acceptors (Lipinski definition) is 5. The standard InChI is InChI=1S/C13H27N3O4S/c1-19-9-5-14-12-13-4-2-3-6-16(13)21(17,18)15-7-10-20-11-8-15/h13-14H,2-12H2,1H3. The van der Waals surface area contributed by atoms with Crippen LogP contribution in [0.2, 0.25) is 0 Å². The summed E-state index contributed by atoms with van der Waals surface area (Å²) < 4.78 is 39.1. The largest absolute Gasteiger partial charge is 0.383 e. The molecule has 0 aromatic heterocycles. The molecule has 1 N–H and O–H groups in total. The lowest BCUT2D eigenvalue weighted by Gasteiger charge is -2.39. The Bertz CT molecular complexity index is 398. The highest BCUT2D eigenvalue weighted by atomic mass is 32.2. The van der Waals surface area contributed by atoms with Crippen molar-refractivity contribution in [1.82, 2.24) is 13.9 Å². The molecule has 0 radical (unpaired) electrons. The van der Waals surface area contributed by atoms with E-state index in [2.05, 4.69) is 5.32 Å². The van der Waals surface area contributed by atoms with Crippen LogP contribution in [0.5, 0.6) is 0 Å². The van der Waals surface area contributed by atoms with E-state index in [-0.39, 0.29) is 6.04 Å². The van der Waals surface area contributed by atoms with Gasteiger partial charge in [-0.25, -0.2) is 0 Å². The van der Waals surface area contributed by atoms with Crippen molar-refractivity contribution in [2.75, 3.05) is 59.7 Å². The second-order valence-corrected chi connectivity index (χ2v) is 7.36. The lowest BCUT2D eigenvalue weighted by molar-refractivity contribution is 0.0681. The van der Waals surface area contributed by atoms with Crippen LogP contribution in [-0.2, 0) is 19.7 Å². The van der Waals surface area contributed by atoms with E-state index in [1.807, 2.05) is 0 Å². The molecule has 2 aliphatic rings. The van der Waals surface area contributed by atoms with Crippen LogP contribution < -0.4 is 5.32 Å². The van der Waals surface area contributed by atoms with Gasteiger partial charge >= 0.3 is 0 Å². The molecule has 0 amide bonds. The highest BCUT2D eigenvalue weighted by Gasteiger charge is 2.36. The van der Waals surface area contributed by atoms with Gasteiger partial charge in [-0.3, -0.25) is 0 Å². The van der Waals surface area contributed by atoms with E-state index in [9.17, 15) is 8.42 Å². The lowest BCUT2D eigenvalue weighted by Crippen LogP contribution is -2.55. The molecule has 2 saturated heterocycles. The van der Waals surface area contributed by atoms with Crippen LogP contribution in [0.1, 0.15) is 19.3 Å². The molecule has 2 heterocycles. The molecule has 2 aliphatic heterocycles. The first-order chi connectivity index (χ1) is 10.2. The summed E-state index contributed by atoms with van der Waals surface area (Å²) in [5, 5.41) is 3.29. The molecular weight excluding hydrogens is 294 g/mol. The third kappa shape index (κ3) is 4.61. The lowest BCUT2D eigenvalue weighted by atomic mass is 10.1. The quantitative estimate of drug-likeness (QED) is 0.649. The maximum Gasteiger partial charge on any atom is 0.282 e. The molecule has 0 spiro atoms. The highest BCUT2D eigenvalue weighted by molar-refractivity contribution is 7.86. The molecule has 1 unspecified atom stereocenters. The van der Waals surface area contributed by atoms with Crippen molar-refractivity contribution in [3.63, 3.8) is 0 Å². The average Bonchev–Trinajstić information content (AvgIpc) is 2.53. The minimum atomic E-state index is -3.36. The van der Waals surface area contributed by atoms with E-state index in [1.54, 1.807) is 15.7 Å². The number of ether oxygens (including phenoxy) is 2. The number of rotatable bonds is 7. The van der Waals surface area contributed by atoms with Gasteiger partial charge in [0, 0.05) is 45.9 Å². The first-order valence-electron chi connectivity index (χ1n) is 7.70. The zero-order valence-corrected chi connectivity index (χ0v) is 13.6. The summed E-state index contributed by atoms with van der Waals surface area (Å²) in [4.78, 5) is 0. The van der Waals surface area contributed by atoms with Gasteiger partial charge in [0.05, 0.1) is 19.8 Å². The first-order valence-corrected chi connectivity index (χ1v) is 9.10. The fourth-order valence-corrected chi connectivity index (χ4v) is 4.67. The fraction of sp³-hybridized carbons (Fsp3) is 1.00. The number of morpholine rings is 1. The summed E-state index contributed by atoms with van der Waals surface area (Å²) in [6, 6.07) is 0.0449. The Morgan fingerprint density at radius 2 is 2.00 bits per heavy atom. The number of piperidine rings is 1. The number of nitrogens with zero attached hydrogens (tertiary/aromatic N) is 2. The minimum Gasteiger partial charge on any atom is -0.383 e. The van der Waals surface area contributed by atoms with Crippen molar-refractivity contribution in [2.45, 2.75) is 25.3 Å². The van der Waals surface area contributed by atoms with E-state index in [0.717, 1.165) is 25.8 Å². The van der Waals surface area contributed by atoms with E-state index in [1.165, 1.54) is 0 Å². The van der Waals surface area contributed by atoms with Crippen molar-refractivity contribution in [1.29, 1.82) is 0 Å². The van der Waals surface area contributed by atoms with E-state index in [0.29, 0.717) is 46.0 Å². The minimum absolute atomic E-state index is 0.0449. The Kier molecular flexibility index (Phi) is 6.84.